The molecule has 27 heavy (non-hydrogen) atoms. The van der Waals surface area contributed by atoms with E-state index in [1.807, 2.05) is 61.5 Å². The van der Waals surface area contributed by atoms with Crippen LogP contribution < -0.4 is 0 Å². The summed E-state index contributed by atoms with van der Waals surface area (Å²) in [5.41, 5.74) is 5.41. The number of hydrogen-bond acceptors (Lipinski definition) is 2. The molecule has 2 nitrogen and oxygen atoms in total. The molecule has 0 bridgehead atoms. The summed E-state index contributed by atoms with van der Waals surface area (Å²) in [4.78, 5) is 17.1. The van der Waals surface area contributed by atoms with Gasteiger partial charge in [-0.05, 0) is 37.1 Å². The van der Waals surface area contributed by atoms with Gasteiger partial charge < -0.3 is 0 Å². The fraction of sp³-hybridized carbons (Fsp3) is 0.0833. The van der Waals surface area contributed by atoms with Gasteiger partial charge in [-0.25, -0.2) is 9.37 Å². The molecule has 0 saturated carbocycles. The quantitative estimate of drug-likeness (QED) is 0.408. The molecule has 0 atom stereocenters. The van der Waals surface area contributed by atoms with Gasteiger partial charge in [0.2, 0.25) is 0 Å². The van der Waals surface area contributed by atoms with Crippen LogP contribution in [-0.2, 0) is 0 Å². The standard InChI is InChI=1S/C24H18FNO/c1-15-23(16(2)27)20-8-4-6-10-22(20)26-24(15)18-13-11-17(12-14-18)19-7-3-5-9-21(19)25/h3-14H,1-2H3. The maximum atomic E-state index is 14.0. The molecule has 0 N–H and O–H groups in total. The molecule has 3 aromatic carbocycles. The van der Waals surface area contributed by atoms with Crippen molar-refractivity contribution < 1.29 is 9.18 Å². The van der Waals surface area contributed by atoms with E-state index >= 15 is 0 Å². The number of rotatable bonds is 3. The van der Waals surface area contributed by atoms with Crippen molar-refractivity contribution in [1.82, 2.24) is 4.98 Å². The van der Waals surface area contributed by atoms with Gasteiger partial charge in [0.1, 0.15) is 5.82 Å². The van der Waals surface area contributed by atoms with Crippen LogP contribution in [0.3, 0.4) is 0 Å². The molecule has 0 unspecified atom stereocenters. The van der Waals surface area contributed by atoms with Gasteiger partial charge in [0, 0.05) is 22.1 Å². The van der Waals surface area contributed by atoms with Crippen LogP contribution in [0, 0.1) is 12.7 Å². The second-order valence-corrected chi connectivity index (χ2v) is 6.59. The minimum atomic E-state index is -0.246. The Morgan fingerprint density at radius 2 is 1.48 bits per heavy atom. The van der Waals surface area contributed by atoms with Crippen LogP contribution in [-0.4, -0.2) is 10.8 Å². The Bertz CT molecular complexity index is 1160. The highest BCUT2D eigenvalue weighted by molar-refractivity contribution is 6.08. The minimum Gasteiger partial charge on any atom is -0.294 e. The first-order valence-corrected chi connectivity index (χ1v) is 8.82. The van der Waals surface area contributed by atoms with Crippen LogP contribution in [0.4, 0.5) is 4.39 Å². The number of carbonyl (C=O) groups is 1. The molecule has 3 heteroatoms. The van der Waals surface area contributed by atoms with E-state index in [-0.39, 0.29) is 11.6 Å². The zero-order chi connectivity index (χ0) is 19.0. The number of Topliss-reactive ketones (excluding diaryl/α,β-unsaturated/α-hetero) is 1. The lowest BCUT2D eigenvalue weighted by Gasteiger charge is -2.13. The van der Waals surface area contributed by atoms with Crippen molar-refractivity contribution in [3.8, 4) is 22.4 Å². The normalized spacial score (nSPS) is 10.9. The number of halogens is 1. The third-order valence-corrected chi connectivity index (χ3v) is 4.83. The SMILES string of the molecule is CC(=O)c1c(C)c(-c2ccc(-c3ccccc3F)cc2)nc2ccccc12. The van der Waals surface area contributed by atoms with Crippen LogP contribution >= 0.6 is 0 Å². The van der Waals surface area contributed by atoms with Crippen molar-refractivity contribution in [2.75, 3.05) is 0 Å². The lowest BCUT2D eigenvalue weighted by molar-refractivity contribution is 0.101. The number of hydrogen-bond donors (Lipinski definition) is 0. The van der Waals surface area contributed by atoms with Gasteiger partial charge in [-0.1, -0.05) is 60.7 Å². The number of pyridine rings is 1. The van der Waals surface area contributed by atoms with E-state index < -0.39 is 0 Å². The zero-order valence-electron chi connectivity index (χ0n) is 15.2. The van der Waals surface area contributed by atoms with Gasteiger partial charge in [-0.3, -0.25) is 4.79 Å². The monoisotopic (exact) mass is 355 g/mol. The van der Waals surface area contributed by atoms with Crippen molar-refractivity contribution in [2.24, 2.45) is 0 Å². The van der Waals surface area contributed by atoms with Crippen LogP contribution in [0.5, 0.6) is 0 Å². The number of aromatic nitrogens is 1. The predicted molar refractivity (Wildman–Crippen MR) is 107 cm³/mol. The molecule has 1 heterocycles. The molecule has 0 saturated heterocycles. The first-order valence-electron chi connectivity index (χ1n) is 8.82. The fourth-order valence-corrected chi connectivity index (χ4v) is 3.54. The smallest absolute Gasteiger partial charge is 0.160 e. The van der Waals surface area contributed by atoms with Gasteiger partial charge in [0.25, 0.3) is 0 Å². The molecule has 4 aromatic rings. The van der Waals surface area contributed by atoms with Crippen LogP contribution in [0.1, 0.15) is 22.8 Å². The second kappa shape index (κ2) is 6.76. The average Bonchev–Trinajstić information content (AvgIpc) is 2.68. The number of fused-ring (bicyclic) bond motifs is 1. The zero-order valence-corrected chi connectivity index (χ0v) is 15.2. The molecule has 0 radical (unpaired) electrons. The van der Waals surface area contributed by atoms with Crippen molar-refractivity contribution >= 4 is 16.7 Å². The van der Waals surface area contributed by atoms with E-state index in [4.69, 9.17) is 4.98 Å². The molecular formula is C24H18FNO. The Hall–Kier alpha value is -3.33. The molecule has 0 aliphatic carbocycles. The lowest BCUT2D eigenvalue weighted by atomic mass is 9.94. The highest BCUT2D eigenvalue weighted by Crippen LogP contribution is 2.31. The number of nitrogens with zero attached hydrogens (tertiary/aromatic N) is 1. The van der Waals surface area contributed by atoms with Crippen molar-refractivity contribution in [2.45, 2.75) is 13.8 Å². The summed E-state index contributed by atoms with van der Waals surface area (Å²) < 4.78 is 14.0. The van der Waals surface area contributed by atoms with Gasteiger partial charge in [0.15, 0.2) is 5.78 Å². The summed E-state index contributed by atoms with van der Waals surface area (Å²) >= 11 is 0. The van der Waals surface area contributed by atoms with E-state index in [1.165, 1.54) is 6.07 Å². The number of carbonyl (C=O) groups excluding carboxylic acids is 1. The Kier molecular flexibility index (Phi) is 4.28. The third kappa shape index (κ3) is 3.02. The van der Waals surface area contributed by atoms with Crippen LogP contribution in [0.15, 0.2) is 72.8 Å². The molecule has 0 amide bonds. The van der Waals surface area contributed by atoms with E-state index in [2.05, 4.69) is 0 Å². The third-order valence-electron chi connectivity index (χ3n) is 4.83. The molecule has 0 fully saturated rings. The van der Waals surface area contributed by atoms with Crippen molar-refractivity contribution in [3.05, 3.63) is 89.7 Å². The molecule has 4 rings (SSSR count). The second-order valence-electron chi connectivity index (χ2n) is 6.59. The highest BCUT2D eigenvalue weighted by Gasteiger charge is 2.16. The number of para-hydroxylation sites is 1. The first kappa shape index (κ1) is 17.1. The highest BCUT2D eigenvalue weighted by atomic mass is 19.1. The minimum absolute atomic E-state index is 0.0235. The van der Waals surface area contributed by atoms with Gasteiger partial charge >= 0.3 is 0 Å². The van der Waals surface area contributed by atoms with Crippen molar-refractivity contribution in [3.63, 3.8) is 0 Å². The number of benzene rings is 3. The number of ketones is 1. The molecule has 0 spiro atoms. The molecule has 1 aromatic heterocycles. The first-order chi connectivity index (χ1) is 13.1. The van der Waals surface area contributed by atoms with E-state index in [0.717, 1.165) is 33.3 Å². The largest absolute Gasteiger partial charge is 0.294 e. The van der Waals surface area contributed by atoms with E-state index in [9.17, 15) is 9.18 Å². The Labute approximate surface area is 157 Å². The maximum Gasteiger partial charge on any atom is 0.160 e. The van der Waals surface area contributed by atoms with Crippen LogP contribution in [0.2, 0.25) is 0 Å². The molecular weight excluding hydrogens is 337 g/mol. The molecule has 132 valence electrons. The van der Waals surface area contributed by atoms with Crippen molar-refractivity contribution in [1.29, 1.82) is 0 Å². The van der Waals surface area contributed by atoms with E-state index in [0.29, 0.717) is 11.1 Å². The topological polar surface area (TPSA) is 30.0 Å². The predicted octanol–water partition coefficient (Wildman–Crippen LogP) is 6.22. The van der Waals surface area contributed by atoms with E-state index in [1.54, 1.807) is 19.1 Å². The lowest BCUT2D eigenvalue weighted by Crippen LogP contribution is -2.02. The Balaban J connectivity index is 1.87. The Morgan fingerprint density at radius 3 is 2.19 bits per heavy atom. The fourth-order valence-electron chi connectivity index (χ4n) is 3.54. The summed E-state index contributed by atoms with van der Waals surface area (Å²) in [6.45, 7) is 3.51. The summed E-state index contributed by atoms with van der Waals surface area (Å²) in [7, 11) is 0. The molecule has 0 aliphatic heterocycles. The summed E-state index contributed by atoms with van der Waals surface area (Å²) in [6.07, 6.45) is 0. The van der Waals surface area contributed by atoms with Gasteiger partial charge in [-0.2, -0.15) is 0 Å². The summed E-state index contributed by atoms with van der Waals surface area (Å²) in [6, 6.07) is 22.0. The maximum absolute atomic E-state index is 14.0. The van der Waals surface area contributed by atoms with Gasteiger partial charge in [0.05, 0.1) is 11.2 Å². The van der Waals surface area contributed by atoms with Gasteiger partial charge in [-0.15, -0.1) is 0 Å². The van der Waals surface area contributed by atoms with Crippen LogP contribution in [0.25, 0.3) is 33.3 Å². The summed E-state index contributed by atoms with van der Waals surface area (Å²) in [5.74, 6) is -0.223. The Morgan fingerprint density at radius 1 is 0.852 bits per heavy atom. The summed E-state index contributed by atoms with van der Waals surface area (Å²) in [5, 5.41) is 0.870. The molecule has 0 aliphatic rings. The average molecular weight is 355 g/mol.